The van der Waals surface area contributed by atoms with Gasteiger partial charge in [0.1, 0.15) is 35.5 Å². The van der Waals surface area contributed by atoms with Crippen LogP contribution in [-0.4, -0.2) is 140 Å². The lowest BCUT2D eigenvalue weighted by Gasteiger charge is -2.33. The van der Waals surface area contributed by atoms with Gasteiger partial charge in [-0.2, -0.15) is 0 Å². The van der Waals surface area contributed by atoms with E-state index < -0.39 is 29.7 Å². The zero-order chi connectivity index (χ0) is 47.0. The van der Waals surface area contributed by atoms with Crippen LogP contribution in [0.15, 0.2) is 91.3 Å². The van der Waals surface area contributed by atoms with E-state index in [0.29, 0.717) is 113 Å². The van der Waals surface area contributed by atoms with Crippen molar-refractivity contribution < 1.29 is 47.7 Å². The number of hydrogen-bond acceptors (Lipinski definition) is 16. The van der Waals surface area contributed by atoms with Crippen LogP contribution < -0.4 is 26.4 Å². The van der Waals surface area contributed by atoms with Gasteiger partial charge in [-0.25, -0.2) is 9.97 Å². The predicted molar refractivity (Wildman–Crippen MR) is 247 cm³/mol. The molecule has 352 valence electrons. The summed E-state index contributed by atoms with van der Waals surface area (Å²) in [6.45, 7) is 4.51. The van der Waals surface area contributed by atoms with Crippen LogP contribution in [0.25, 0.3) is 0 Å². The van der Waals surface area contributed by atoms with Crippen molar-refractivity contribution in [2.75, 3.05) is 88.9 Å². The van der Waals surface area contributed by atoms with Crippen molar-refractivity contribution in [3.8, 4) is 11.5 Å². The van der Waals surface area contributed by atoms with E-state index in [1.54, 1.807) is 53.4 Å². The van der Waals surface area contributed by atoms with Crippen LogP contribution >= 0.6 is 0 Å². The molecule has 0 radical (unpaired) electrons. The molecule has 4 heterocycles. The fourth-order valence-electron chi connectivity index (χ4n) is 7.83. The number of likely N-dealkylation sites (tertiary alicyclic amines) is 1. The van der Waals surface area contributed by atoms with Crippen LogP contribution in [-0.2, 0) is 33.3 Å². The summed E-state index contributed by atoms with van der Waals surface area (Å²) in [5.74, 6) is -0.311. The van der Waals surface area contributed by atoms with Gasteiger partial charge in [0.15, 0.2) is 0 Å². The van der Waals surface area contributed by atoms with Crippen molar-refractivity contribution in [1.29, 1.82) is 5.41 Å². The Labute approximate surface area is 387 Å². The zero-order valence-corrected chi connectivity index (χ0v) is 37.1. The summed E-state index contributed by atoms with van der Waals surface area (Å²) < 4.78 is 28.3. The Balaban J connectivity index is 0.712. The molecule has 6 N–H and O–H groups in total. The Morgan fingerprint density at radius 2 is 1.52 bits per heavy atom. The molecule has 1 aromatic heterocycles. The number of ether oxygens (including phenoxy) is 5. The molecular weight excluding hydrogens is 863 g/mol. The minimum Gasteiger partial charge on any atom is -0.457 e. The number of imide groups is 2. The highest BCUT2D eigenvalue weighted by Crippen LogP contribution is 2.32. The summed E-state index contributed by atoms with van der Waals surface area (Å²) in [6.07, 6.45) is 7.09. The number of carbonyl (C=O) groups excluding carboxylic acids is 5. The van der Waals surface area contributed by atoms with Crippen molar-refractivity contribution in [2.45, 2.75) is 44.2 Å². The first-order valence-corrected chi connectivity index (χ1v) is 22.3. The van der Waals surface area contributed by atoms with E-state index in [1.807, 2.05) is 36.4 Å². The number of amides is 5. The second-order valence-corrected chi connectivity index (χ2v) is 15.8. The number of nitrogens with one attached hydrogen (secondary N) is 4. The number of aromatic nitrogens is 2. The van der Waals surface area contributed by atoms with Crippen molar-refractivity contribution in [2.24, 2.45) is 0 Å². The van der Waals surface area contributed by atoms with Gasteiger partial charge in [0.2, 0.25) is 17.7 Å². The summed E-state index contributed by atoms with van der Waals surface area (Å²) in [5, 5.41) is 17.7. The first kappa shape index (κ1) is 47.9. The van der Waals surface area contributed by atoms with Crippen LogP contribution in [0, 0.1) is 5.41 Å². The minimum absolute atomic E-state index is 0.0546. The molecule has 19 heteroatoms. The SMILES string of the molecule is N=C(c1ccc(Oc2ccccc2)cc1)c1c(N)ncnc1NC1CCCN(C(=O)/C=C/CCOCCOCCOCCOCCNc2cccc3c2C(=O)N(C2CCC(=O)NC2=O)C3=O)C1. The molecule has 3 aliphatic heterocycles. The predicted octanol–water partition coefficient (Wildman–Crippen LogP) is 4.20. The monoisotopic (exact) mass is 917 g/mol. The molecule has 3 aliphatic rings. The van der Waals surface area contributed by atoms with Gasteiger partial charge >= 0.3 is 0 Å². The van der Waals surface area contributed by atoms with Crippen molar-refractivity contribution in [1.82, 2.24) is 25.1 Å². The van der Waals surface area contributed by atoms with Crippen LogP contribution in [0.5, 0.6) is 11.5 Å². The molecule has 4 aromatic rings. The quantitative estimate of drug-likeness (QED) is 0.0286. The third kappa shape index (κ3) is 12.9. The zero-order valence-electron chi connectivity index (χ0n) is 37.1. The number of nitrogen functional groups attached to an aromatic ring is 1. The standard InChI is InChI=1S/C48H55N9O10/c49-43(32-14-16-35(17-15-32)67-34-9-2-1-3-10-34)42-44(50)52-31-53-45(42)54-33-8-7-21-56(30-33)40(59)13-4-5-22-63-24-26-65-28-29-66-27-25-64-23-20-51-37-12-6-11-36-41(37)48(62)57(47(36)61)38-18-19-39(58)55-46(38)60/h1-4,6,9-17,31,33,38,49,51H,5,7-8,18-30H2,(H,55,58,60)(H3,50,52,53,54)/b13-4+,49-43?. The molecule has 0 bridgehead atoms. The molecule has 0 saturated carbocycles. The molecule has 7 rings (SSSR count). The lowest BCUT2D eigenvalue weighted by molar-refractivity contribution is -0.136. The van der Waals surface area contributed by atoms with Gasteiger partial charge in [0.05, 0.1) is 75.3 Å². The average Bonchev–Trinajstić information content (AvgIpc) is 3.59. The molecule has 2 atom stereocenters. The van der Waals surface area contributed by atoms with E-state index >= 15 is 0 Å². The number of fused-ring (bicyclic) bond motifs is 1. The van der Waals surface area contributed by atoms with Gasteiger partial charge in [0, 0.05) is 43.3 Å². The maximum Gasteiger partial charge on any atom is 0.264 e. The first-order valence-electron chi connectivity index (χ1n) is 22.3. The van der Waals surface area contributed by atoms with Crippen LogP contribution in [0.4, 0.5) is 17.3 Å². The van der Waals surface area contributed by atoms with E-state index in [4.69, 9.17) is 34.8 Å². The van der Waals surface area contributed by atoms with Crippen LogP contribution in [0.2, 0.25) is 0 Å². The topological polar surface area (TPSA) is 250 Å². The average molecular weight is 918 g/mol. The number of para-hydroxylation sites is 1. The molecule has 2 saturated heterocycles. The highest BCUT2D eigenvalue weighted by Gasteiger charge is 2.45. The fourth-order valence-corrected chi connectivity index (χ4v) is 7.83. The maximum absolute atomic E-state index is 13.2. The molecule has 0 aliphatic carbocycles. The number of carbonyl (C=O) groups is 5. The van der Waals surface area contributed by atoms with Gasteiger partial charge in [-0.15, -0.1) is 0 Å². The number of nitrogens with two attached hydrogens (primary N) is 1. The summed E-state index contributed by atoms with van der Waals surface area (Å²) in [6, 6.07) is 20.4. The molecule has 3 aromatic carbocycles. The maximum atomic E-state index is 13.2. The van der Waals surface area contributed by atoms with Crippen molar-refractivity contribution >= 4 is 52.6 Å². The fraction of sp³-hybridized carbons (Fsp3) is 0.375. The first-order chi connectivity index (χ1) is 32.7. The normalized spacial score (nSPS) is 17.1. The summed E-state index contributed by atoms with van der Waals surface area (Å²) in [7, 11) is 0. The van der Waals surface area contributed by atoms with E-state index in [1.165, 1.54) is 6.33 Å². The molecule has 2 fully saturated rings. The Morgan fingerprint density at radius 3 is 2.25 bits per heavy atom. The van der Waals surface area contributed by atoms with E-state index in [9.17, 15) is 24.0 Å². The number of piperidine rings is 2. The van der Waals surface area contributed by atoms with Crippen molar-refractivity contribution in [3.05, 3.63) is 114 Å². The number of benzene rings is 3. The lowest BCUT2D eigenvalue weighted by atomic mass is 10.0. The Morgan fingerprint density at radius 1 is 0.821 bits per heavy atom. The number of rotatable bonds is 24. The Kier molecular flexibility index (Phi) is 17.1. The summed E-state index contributed by atoms with van der Waals surface area (Å²) in [4.78, 5) is 74.6. The lowest BCUT2D eigenvalue weighted by Crippen LogP contribution is -2.54. The van der Waals surface area contributed by atoms with E-state index in [-0.39, 0.29) is 47.4 Å². The molecule has 5 amide bonds. The Bertz CT molecular complexity index is 2420. The van der Waals surface area contributed by atoms with Crippen LogP contribution in [0.3, 0.4) is 0 Å². The third-order valence-corrected chi connectivity index (χ3v) is 11.2. The minimum atomic E-state index is -1.03. The van der Waals surface area contributed by atoms with E-state index in [0.717, 1.165) is 17.7 Å². The summed E-state index contributed by atoms with van der Waals surface area (Å²) >= 11 is 0. The molecule has 19 nitrogen and oxygen atoms in total. The van der Waals surface area contributed by atoms with Gasteiger partial charge in [-0.3, -0.25) is 39.6 Å². The van der Waals surface area contributed by atoms with Gasteiger partial charge in [-0.1, -0.05) is 30.3 Å². The number of hydrogen-bond donors (Lipinski definition) is 5. The second kappa shape index (κ2) is 23.9. The Hall–Kier alpha value is -7.06. The number of nitrogens with zero attached hydrogens (tertiary/aromatic N) is 4. The highest BCUT2D eigenvalue weighted by atomic mass is 16.6. The largest absolute Gasteiger partial charge is 0.457 e. The molecular formula is C48H55N9O10. The molecule has 2 unspecified atom stereocenters. The third-order valence-electron chi connectivity index (χ3n) is 11.2. The van der Waals surface area contributed by atoms with Gasteiger partial charge in [-0.05, 0) is 80.3 Å². The summed E-state index contributed by atoms with van der Waals surface area (Å²) in [5.41, 5.74) is 8.35. The van der Waals surface area contributed by atoms with E-state index in [2.05, 4.69) is 25.9 Å². The van der Waals surface area contributed by atoms with Gasteiger partial charge in [0.25, 0.3) is 11.8 Å². The van der Waals surface area contributed by atoms with Crippen molar-refractivity contribution in [3.63, 3.8) is 0 Å². The van der Waals surface area contributed by atoms with Crippen LogP contribution in [0.1, 0.15) is 63.9 Å². The molecule has 67 heavy (non-hydrogen) atoms. The number of anilines is 3. The van der Waals surface area contributed by atoms with Gasteiger partial charge < -0.3 is 45.0 Å². The second-order valence-electron chi connectivity index (χ2n) is 15.8. The smallest absolute Gasteiger partial charge is 0.264 e. The molecule has 0 spiro atoms. The highest BCUT2D eigenvalue weighted by molar-refractivity contribution is 6.25.